The molecule has 0 aromatic heterocycles. The lowest BCUT2D eigenvalue weighted by atomic mass is 9.94. The third kappa shape index (κ3) is 5.93. The van der Waals surface area contributed by atoms with Gasteiger partial charge >= 0.3 is 0 Å². The molecule has 0 bridgehead atoms. The molecule has 0 spiro atoms. The zero-order chi connectivity index (χ0) is 29.1. The topological polar surface area (TPSA) is 88.5 Å². The number of nitrogens with zero attached hydrogens (tertiary/aromatic N) is 2. The SMILES string of the molecule is COc1cc(C2/C(=C(\O)c3ccc4c(c3)CC(C)O4)C(=O)C(=O)N2CCCN(C)C)ccc1OCc1ccccc1. The Balaban J connectivity index is 1.53. The number of amides is 1. The molecule has 2 heterocycles. The average Bonchev–Trinajstić information content (AvgIpc) is 3.47. The number of rotatable bonds is 10. The first-order chi connectivity index (χ1) is 19.8. The fourth-order valence-electron chi connectivity index (χ4n) is 5.45. The molecular formula is C33H36N2O6. The normalized spacial score (nSPS) is 19.4. The molecule has 2 atom stereocenters. The number of methoxy groups -OCH3 is 1. The summed E-state index contributed by atoms with van der Waals surface area (Å²) >= 11 is 0. The summed E-state index contributed by atoms with van der Waals surface area (Å²) in [5, 5.41) is 11.5. The smallest absolute Gasteiger partial charge is 0.295 e. The lowest BCUT2D eigenvalue weighted by Gasteiger charge is -2.26. The van der Waals surface area contributed by atoms with E-state index in [1.54, 1.807) is 36.3 Å². The molecular weight excluding hydrogens is 520 g/mol. The molecule has 2 aliphatic heterocycles. The van der Waals surface area contributed by atoms with Crippen LogP contribution in [0.3, 0.4) is 0 Å². The number of likely N-dealkylation sites (tertiary alicyclic amines) is 1. The van der Waals surface area contributed by atoms with Gasteiger partial charge in [0.25, 0.3) is 11.7 Å². The van der Waals surface area contributed by atoms with Gasteiger partial charge in [0.05, 0.1) is 18.7 Å². The Bertz CT molecular complexity index is 1470. The highest BCUT2D eigenvalue weighted by molar-refractivity contribution is 6.46. The van der Waals surface area contributed by atoms with Crippen LogP contribution in [0.4, 0.5) is 0 Å². The highest BCUT2D eigenvalue weighted by atomic mass is 16.5. The number of fused-ring (bicyclic) bond motifs is 1. The first kappa shape index (κ1) is 28.2. The molecule has 3 aromatic carbocycles. The van der Waals surface area contributed by atoms with Crippen molar-refractivity contribution >= 4 is 17.4 Å². The van der Waals surface area contributed by atoms with E-state index >= 15 is 0 Å². The van der Waals surface area contributed by atoms with Crippen molar-refractivity contribution in [2.24, 2.45) is 0 Å². The molecule has 214 valence electrons. The van der Waals surface area contributed by atoms with Gasteiger partial charge in [-0.15, -0.1) is 0 Å². The van der Waals surface area contributed by atoms with E-state index in [9.17, 15) is 14.7 Å². The summed E-state index contributed by atoms with van der Waals surface area (Å²) in [5.41, 5.74) is 3.17. The predicted molar refractivity (Wildman–Crippen MR) is 156 cm³/mol. The highest BCUT2D eigenvalue weighted by Gasteiger charge is 2.46. The molecule has 8 heteroatoms. The largest absolute Gasteiger partial charge is 0.507 e. The second-order valence-electron chi connectivity index (χ2n) is 10.8. The number of aliphatic hydroxyl groups is 1. The number of Topliss-reactive ketones (excluding diaryl/α,β-unsaturated/α-hetero) is 1. The summed E-state index contributed by atoms with van der Waals surface area (Å²) < 4.78 is 17.5. The third-order valence-electron chi connectivity index (χ3n) is 7.45. The molecule has 1 amide bonds. The van der Waals surface area contributed by atoms with Crippen molar-refractivity contribution in [1.29, 1.82) is 0 Å². The first-order valence-corrected chi connectivity index (χ1v) is 13.8. The number of hydrogen-bond donors (Lipinski definition) is 1. The lowest BCUT2D eigenvalue weighted by Crippen LogP contribution is -2.32. The van der Waals surface area contributed by atoms with Crippen LogP contribution in [0.15, 0.2) is 72.3 Å². The van der Waals surface area contributed by atoms with E-state index in [2.05, 4.69) is 0 Å². The second kappa shape index (κ2) is 12.1. The zero-order valence-corrected chi connectivity index (χ0v) is 23.9. The van der Waals surface area contributed by atoms with Crippen molar-refractivity contribution in [3.8, 4) is 17.2 Å². The van der Waals surface area contributed by atoms with Gasteiger partial charge in [-0.3, -0.25) is 9.59 Å². The maximum atomic E-state index is 13.5. The molecule has 3 aromatic rings. The average molecular weight is 557 g/mol. The Labute approximate surface area is 240 Å². The molecule has 2 aliphatic rings. The Morgan fingerprint density at radius 2 is 1.83 bits per heavy atom. The van der Waals surface area contributed by atoms with Crippen molar-refractivity contribution in [2.45, 2.75) is 38.5 Å². The lowest BCUT2D eigenvalue weighted by molar-refractivity contribution is -0.139. The van der Waals surface area contributed by atoms with E-state index in [1.165, 1.54) is 0 Å². The fourth-order valence-corrected chi connectivity index (χ4v) is 5.45. The van der Waals surface area contributed by atoms with E-state index in [4.69, 9.17) is 14.2 Å². The van der Waals surface area contributed by atoms with Gasteiger partial charge in [-0.1, -0.05) is 36.4 Å². The monoisotopic (exact) mass is 556 g/mol. The van der Waals surface area contributed by atoms with Crippen molar-refractivity contribution in [1.82, 2.24) is 9.80 Å². The number of carbonyl (C=O) groups excluding carboxylic acids is 2. The van der Waals surface area contributed by atoms with Crippen LogP contribution in [0.5, 0.6) is 17.2 Å². The number of ether oxygens (including phenoxy) is 3. The minimum Gasteiger partial charge on any atom is -0.507 e. The van der Waals surface area contributed by atoms with Crippen LogP contribution in [-0.4, -0.2) is 67.0 Å². The van der Waals surface area contributed by atoms with Crippen molar-refractivity contribution < 1.29 is 28.9 Å². The van der Waals surface area contributed by atoms with Gasteiger partial charge in [0, 0.05) is 18.5 Å². The first-order valence-electron chi connectivity index (χ1n) is 13.8. The van der Waals surface area contributed by atoms with Crippen LogP contribution >= 0.6 is 0 Å². The Hall–Kier alpha value is -4.30. The summed E-state index contributed by atoms with van der Waals surface area (Å²) in [5.74, 6) is 0.251. The minimum absolute atomic E-state index is 0.0414. The third-order valence-corrected chi connectivity index (χ3v) is 7.45. The summed E-state index contributed by atoms with van der Waals surface area (Å²) in [4.78, 5) is 30.4. The molecule has 1 fully saturated rings. The van der Waals surface area contributed by atoms with Gasteiger partial charge in [0.2, 0.25) is 0 Å². The predicted octanol–water partition coefficient (Wildman–Crippen LogP) is 4.97. The molecule has 1 saturated heterocycles. The van der Waals surface area contributed by atoms with Crippen molar-refractivity contribution in [3.63, 3.8) is 0 Å². The van der Waals surface area contributed by atoms with Crippen molar-refractivity contribution in [2.75, 3.05) is 34.3 Å². The second-order valence-corrected chi connectivity index (χ2v) is 10.8. The van der Waals surface area contributed by atoms with Crippen LogP contribution in [0.25, 0.3) is 5.76 Å². The van der Waals surface area contributed by atoms with Gasteiger partial charge in [0.15, 0.2) is 11.5 Å². The number of aliphatic hydroxyl groups excluding tert-OH is 1. The Morgan fingerprint density at radius 3 is 2.56 bits per heavy atom. The molecule has 0 saturated carbocycles. The van der Waals surface area contributed by atoms with Gasteiger partial charge in [-0.05, 0) is 81.0 Å². The minimum atomic E-state index is -0.780. The summed E-state index contributed by atoms with van der Waals surface area (Å²) in [7, 11) is 5.47. The van der Waals surface area contributed by atoms with Crippen molar-refractivity contribution in [3.05, 3.63) is 94.6 Å². The van der Waals surface area contributed by atoms with E-state index in [1.807, 2.05) is 68.4 Å². The van der Waals surface area contributed by atoms with E-state index in [0.29, 0.717) is 48.6 Å². The molecule has 1 N–H and O–H groups in total. The molecule has 8 nitrogen and oxygen atoms in total. The number of benzene rings is 3. The highest BCUT2D eigenvalue weighted by Crippen LogP contribution is 2.43. The maximum Gasteiger partial charge on any atom is 0.295 e. The maximum absolute atomic E-state index is 13.5. The zero-order valence-electron chi connectivity index (χ0n) is 23.9. The fraction of sp³-hybridized carbons (Fsp3) is 0.333. The molecule has 0 aliphatic carbocycles. The molecule has 2 unspecified atom stereocenters. The Morgan fingerprint density at radius 1 is 1.05 bits per heavy atom. The molecule has 5 rings (SSSR count). The van der Waals surface area contributed by atoms with Crippen LogP contribution in [0, 0.1) is 0 Å². The number of ketones is 1. The number of carbonyl (C=O) groups is 2. The number of hydrogen-bond acceptors (Lipinski definition) is 7. The van der Waals surface area contributed by atoms with Crippen LogP contribution in [0.2, 0.25) is 0 Å². The van der Waals surface area contributed by atoms with Crippen LogP contribution < -0.4 is 14.2 Å². The van der Waals surface area contributed by atoms with E-state index in [-0.39, 0.29) is 17.4 Å². The Kier molecular flexibility index (Phi) is 8.31. The standard InChI is InChI=1S/C33H36N2O6/c1-21-17-25-18-24(12-13-26(25)41-21)31(36)29-30(35(33(38)32(29)37)16-8-15-34(2)3)23-11-14-27(28(19-23)39-4)40-20-22-9-6-5-7-10-22/h5-7,9-14,18-19,21,30,36H,8,15-17,20H2,1-4H3/b31-29+. The van der Waals surface area contributed by atoms with Gasteiger partial charge < -0.3 is 29.1 Å². The van der Waals surface area contributed by atoms with Gasteiger partial charge in [-0.2, -0.15) is 0 Å². The molecule has 0 radical (unpaired) electrons. The van der Waals surface area contributed by atoms with Crippen LogP contribution in [0.1, 0.15) is 41.6 Å². The summed E-state index contributed by atoms with van der Waals surface area (Å²) in [6.45, 7) is 3.45. The van der Waals surface area contributed by atoms with Gasteiger partial charge in [0.1, 0.15) is 24.2 Å². The molecule has 41 heavy (non-hydrogen) atoms. The van der Waals surface area contributed by atoms with E-state index in [0.717, 1.165) is 23.4 Å². The van der Waals surface area contributed by atoms with Gasteiger partial charge in [-0.25, -0.2) is 0 Å². The summed E-state index contributed by atoms with van der Waals surface area (Å²) in [6, 6.07) is 19.8. The van der Waals surface area contributed by atoms with E-state index < -0.39 is 17.7 Å². The summed E-state index contributed by atoms with van der Waals surface area (Å²) in [6.07, 6.45) is 1.42. The quantitative estimate of drug-likeness (QED) is 0.214. The van der Waals surface area contributed by atoms with Crippen LogP contribution in [-0.2, 0) is 22.6 Å².